The highest BCUT2D eigenvalue weighted by Crippen LogP contribution is 2.29. The van der Waals surface area contributed by atoms with Crippen LogP contribution in [0.3, 0.4) is 0 Å². The SMILES string of the molecule is Cc1ccc(N2CCC(C(C)CCOc3ccc(S(C)(=O)=O)cc3)CC2)nn1. The van der Waals surface area contributed by atoms with E-state index in [0.717, 1.165) is 43.9 Å². The highest BCUT2D eigenvalue weighted by atomic mass is 32.2. The zero-order valence-corrected chi connectivity index (χ0v) is 17.7. The van der Waals surface area contributed by atoms with E-state index in [9.17, 15) is 8.42 Å². The third-order valence-electron chi connectivity index (χ3n) is 5.55. The Morgan fingerprint density at radius 3 is 2.36 bits per heavy atom. The molecule has 6 nitrogen and oxygen atoms in total. The molecule has 0 saturated carbocycles. The zero-order chi connectivity index (χ0) is 20.1. The number of nitrogens with zero attached hydrogens (tertiary/aromatic N) is 3. The average Bonchev–Trinajstić information content (AvgIpc) is 2.68. The van der Waals surface area contributed by atoms with Crippen LogP contribution < -0.4 is 9.64 Å². The topological polar surface area (TPSA) is 72.4 Å². The number of hydrogen-bond donors (Lipinski definition) is 0. The molecule has 1 aromatic heterocycles. The van der Waals surface area contributed by atoms with Crippen molar-refractivity contribution >= 4 is 15.7 Å². The molecule has 0 N–H and O–H groups in total. The predicted molar refractivity (Wildman–Crippen MR) is 111 cm³/mol. The van der Waals surface area contributed by atoms with Crippen LogP contribution in [-0.4, -0.2) is 44.6 Å². The smallest absolute Gasteiger partial charge is 0.175 e. The maximum Gasteiger partial charge on any atom is 0.175 e. The summed E-state index contributed by atoms with van der Waals surface area (Å²) in [7, 11) is -3.16. The molecule has 1 aliphatic heterocycles. The molecule has 0 amide bonds. The minimum Gasteiger partial charge on any atom is -0.494 e. The molecule has 0 bridgehead atoms. The summed E-state index contributed by atoms with van der Waals surface area (Å²) in [5, 5.41) is 8.45. The van der Waals surface area contributed by atoms with E-state index in [0.29, 0.717) is 29.1 Å². The average molecular weight is 404 g/mol. The van der Waals surface area contributed by atoms with Gasteiger partial charge in [0.2, 0.25) is 0 Å². The number of ether oxygens (including phenoxy) is 1. The maximum absolute atomic E-state index is 11.5. The van der Waals surface area contributed by atoms with Crippen molar-refractivity contribution in [1.29, 1.82) is 0 Å². The number of benzene rings is 1. The lowest BCUT2D eigenvalue weighted by Gasteiger charge is -2.35. The third-order valence-corrected chi connectivity index (χ3v) is 6.67. The predicted octanol–water partition coefficient (Wildman–Crippen LogP) is 3.51. The van der Waals surface area contributed by atoms with Crippen LogP contribution >= 0.6 is 0 Å². The fourth-order valence-corrected chi connectivity index (χ4v) is 4.27. The first-order valence-corrected chi connectivity index (χ1v) is 11.7. The highest BCUT2D eigenvalue weighted by Gasteiger charge is 2.24. The Bertz CT molecular complexity index is 859. The Balaban J connectivity index is 1.42. The van der Waals surface area contributed by atoms with Crippen molar-refractivity contribution in [3.8, 4) is 5.75 Å². The monoisotopic (exact) mass is 403 g/mol. The van der Waals surface area contributed by atoms with Crippen molar-refractivity contribution in [2.45, 2.75) is 38.0 Å². The van der Waals surface area contributed by atoms with E-state index >= 15 is 0 Å². The second-order valence-electron chi connectivity index (χ2n) is 7.72. The molecule has 1 atom stereocenters. The molecule has 1 fully saturated rings. The van der Waals surface area contributed by atoms with Gasteiger partial charge in [-0.2, -0.15) is 5.10 Å². The highest BCUT2D eigenvalue weighted by molar-refractivity contribution is 7.90. The van der Waals surface area contributed by atoms with Crippen LogP contribution in [0.4, 0.5) is 5.82 Å². The van der Waals surface area contributed by atoms with Crippen molar-refractivity contribution in [3.05, 3.63) is 42.1 Å². The van der Waals surface area contributed by atoms with E-state index in [4.69, 9.17) is 4.74 Å². The number of anilines is 1. The van der Waals surface area contributed by atoms with E-state index in [1.165, 1.54) is 6.26 Å². The van der Waals surface area contributed by atoms with E-state index < -0.39 is 9.84 Å². The maximum atomic E-state index is 11.5. The van der Waals surface area contributed by atoms with Crippen molar-refractivity contribution < 1.29 is 13.2 Å². The lowest BCUT2D eigenvalue weighted by atomic mass is 9.84. The van der Waals surface area contributed by atoms with Gasteiger partial charge in [0.25, 0.3) is 0 Å². The summed E-state index contributed by atoms with van der Waals surface area (Å²) in [5.74, 6) is 2.96. The molecule has 2 heterocycles. The quantitative estimate of drug-likeness (QED) is 0.704. The van der Waals surface area contributed by atoms with Crippen LogP contribution in [0.1, 0.15) is 31.9 Å². The molecule has 152 valence electrons. The number of sulfone groups is 1. The van der Waals surface area contributed by atoms with Gasteiger partial charge in [-0.1, -0.05) is 6.92 Å². The molecule has 1 unspecified atom stereocenters. The van der Waals surface area contributed by atoms with Gasteiger partial charge in [0.15, 0.2) is 15.7 Å². The van der Waals surface area contributed by atoms with Gasteiger partial charge in [0, 0.05) is 19.3 Å². The van der Waals surface area contributed by atoms with E-state index in [1.807, 2.05) is 13.0 Å². The summed E-state index contributed by atoms with van der Waals surface area (Å²) in [6, 6.07) is 10.7. The Kier molecular flexibility index (Phi) is 6.54. The van der Waals surface area contributed by atoms with Crippen LogP contribution in [0.2, 0.25) is 0 Å². The van der Waals surface area contributed by atoms with Gasteiger partial charge in [-0.05, 0) is 74.4 Å². The number of hydrogen-bond acceptors (Lipinski definition) is 6. The Labute approximate surface area is 167 Å². The van der Waals surface area contributed by atoms with E-state index in [2.05, 4.69) is 28.1 Å². The molecule has 7 heteroatoms. The molecule has 2 aromatic rings. The Hall–Kier alpha value is -2.15. The van der Waals surface area contributed by atoms with Gasteiger partial charge in [-0.25, -0.2) is 8.42 Å². The van der Waals surface area contributed by atoms with Crippen LogP contribution in [0.15, 0.2) is 41.3 Å². The second kappa shape index (κ2) is 8.90. The minimum absolute atomic E-state index is 0.318. The second-order valence-corrected chi connectivity index (χ2v) is 9.73. The first kappa shape index (κ1) is 20.6. The largest absolute Gasteiger partial charge is 0.494 e. The molecule has 28 heavy (non-hydrogen) atoms. The fraction of sp³-hybridized carbons (Fsp3) is 0.524. The van der Waals surface area contributed by atoms with Crippen LogP contribution in [-0.2, 0) is 9.84 Å². The lowest BCUT2D eigenvalue weighted by molar-refractivity contribution is 0.222. The summed E-state index contributed by atoms with van der Waals surface area (Å²) in [6.45, 7) is 6.92. The molecule has 1 saturated heterocycles. The summed E-state index contributed by atoms with van der Waals surface area (Å²) >= 11 is 0. The first-order valence-electron chi connectivity index (χ1n) is 9.81. The van der Waals surface area contributed by atoms with Crippen molar-refractivity contribution in [2.24, 2.45) is 11.8 Å². The molecule has 0 spiro atoms. The zero-order valence-electron chi connectivity index (χ0n) is 16.8. The van der Waals surface area contributed by atoms with E-state index in [-0.39, 0.29) is 0 Å². The minimum atomic E-state index is -3.16. The van der Waals surface area contributed by atoms with Gasteiger partial charge >= 0.3 is 0 Å². The van der Waals surface area contributed by atoms with Crippen LogP contribution in [0, 0.1) is 18.8 Å². The van der Waals surface area contributed by atoms with Gasteiger partial charge in [-0.3, -0.25) is 0 Å². The number of aryl methyl sites for hydroxylation is 1. The normalized spacial score (nSPS) is 16.8. The van der Waals surface area contributed by atoms with Gasteiger partial charge < -0.3 is 9.64 Å². The molecular weight excluding hydrogens is 374 g/mol. The van der Waals surface area contributed by atoms with Crippen LogP contribution in [0.25, 0.3) is 0 Å². The summed E-state index contributed by atoms with van der Waals surface area (Å²) in [6.07, 6.45) is 4.50. The number of piperidine rings is 1. The van der Waals surface area contributed by atoms with Gasteiger partial charge in [0.05, 0.1) is 17.2 Å². The molecule has 0 aliphatic carbocycles. The molecule has 3 rings (SSSR count). The lowest BCUT2D eigenvalue weighted by Crippen LogP contribution is -2.36. The van der Waals surface area contributed by atoms with E-state index in [1.54, 1.807) is 24.3 Å². The number of rotatable bonds is 7. The number of aromatic nitrogens is 2. The van der Waals surface area contributed by atoms with Gasteiger partial charge in [-0.15, -0.1) is 5.10 Å². The van der Waals surface area contributed by atoms with Crippen LogP contribution in [0.5, 0.6) is 5.75 Å². The molecule has 1 aromatic carbocycles. The van der Waals surface area contributed by atoms with Crippen molar-refractivity contribution in [3.63, 3.8) is 0 Å². The fourth-order valence-electron chi connectivity index (χ4n) is 3.64. The first-order chi connectivity index (χ1) is 13.3. The summed E-state index contributed by atoms with van der Waals surface area (Å²) < 4.78 is 28.8. The standard InChI is InChI=1S/C21H29N3O3S/c1-16(12-15-27-19-5-7-20(8-6-19)28(3,25)26)18-10-13-24(14-11-18)21-9-4-17(2)22-23-21/h4-9,16,18H,10-15H2,1-3H3. The summed E-state index contributed by atoms with van der Waals surface area (Å²) in [4.78, 5) is 2.63. The van der Waals surface area contributed by atoms with Crippen molar-refractivity contribution in [1.82, 2.24) is 10.2 Å². The Morgan fingerprint density at radius 2 is 1.79 bits per heavy atom. The van der Waals surface area contributed by atoms with Gasteiger partial charge in [0.1, 0.15) is 5.75 Å². The molecule has 0 radical (unpaired) electrons. The molecular formula is C21H29N3O3S. The summed E-state index contributed by atoms with van der Waals surface area (Å²) in [5.41, 5.74) is 0.943. The Morgan fingerprint density at radius 1 is 1.11 bits per heavy atom. The van der Waals surface area contributed by atoms with Crippen molar-refractivity contribution in [2.75, 3.05) is 30.9 Å². The third kappa shape index (κ3) is 5.44. The molecule has 1 aliphatic rings.